The summed E-state index contributed by atoms with van der Waals surface area (Å²) in [5.41, 5.74) is 1.13. The second-order valence-corrected chi connectivity index (χ2v) is 9.61. The third-order valence-corrected chi connectivity index (χ3v) is 7.50. The molecule has 27 heavy (non-hydrogen) atoms. The SMILES string of the molecule is CSc1ccc(NC(=O)c2ccc(S(=O)(=O)N3CCC(C)CC3)cc2)cc1. The minimum absolute atomic E-state index is 0.234. The number of nitrogens with zero attached hydrogens (tertiary/aromatic N) is 1. The number of piperidine rings is 1. The maximum absolute atomic E-state index is 12.7. The standard InChI is InChI=1S/C20H24N2O3S2/c1-15-11-13-22(14-12-15)27(24,25)19-9-3-16(4-10-19)20(23)21-17-5-7-18(26-2)8-6-17/h3-10,15H,11-14H2,1-2H3,(H,21,23). The molecule has 0 aromatic heterocycles. The Morgan fingerprint density at radius 2 is 1.63 bits per heavy atom. The minimum Gasteiger partial charge on any atom is -0.322 e. The van der Waals surface area contributed by atoms with Crippen molar-refractivity contribution in [3.05, 3.63) is 54.1 Å². The summed E-state index contributed by atoms with van der Waals surface area (Å²) in [6.45, 7) is 3.25. The van der Waals surface area contributed by atoms with Gasteiger partial charge >= 0.3 is 0 Å². The zero-order valence-electron chi connectivity index (χ0n) is 15.5. The number of hydrogen-bond donors (Lipinski definition) is 1. The van der Waals surface area contributed by atoms with Gasteiger partial charge < -0.3 is 5.32 Å². The molecule has 2 aromatic rings. The molecule has 1 amide bonds. The van der Waals surface area contributed by atoms with Gasteiger partial charge in [0.1, 0.15) is 0 Å². The van der Waals surface area contributed by atoms with Crippen molar-refractivity contribution in [2.75, 3.05) is 24.7 Å². The molecule has 1 N–H and O–H groups in total. The van der Waals surface area contributed by atoms with Crippen LogP contribution < -0.4 is 5.32 Å². The van der Waals surface area contributed by atoms with Crippen LogP contribution in [0, 0.1) is 5.92 Å². The molecule has 3 rings (SSSR count). The maximum Gasteiger partial charge on any atom is 0.255 e. The highest BCUT2D eigenvalue weighted by Crippen LogP contribution is 2.24. The van der Waals surface area contributed by atoms with Crippen LogP contribution in [0.1, 0.15) is 30.1 Å². The predicted molar refractivity (Wildman–Crippen MR) is 110 cm³/mol. The number of carbonyl (C=O) groups excluding carboxylic acids is 1. The topological polar surface area (TPSA) is 66.5 Å². The van der Waals surface area contributed by atoms with E-state index in [4.69, 9.17) is 0 Å². The fourth-order valence-electron chi connectivity index (χ4n) is 3.03. The van der Waals surface area contributed by atoms with E-state index in [1.165, 1.54) is 16.4 Å². The smallest absolute Gasteiger partial charge is 0.255 e. The van der Waals surface area contributed by atoms with Crippen molar-refractivity contribution in [1.29, 1.82) is 0 Å². The normalized spacial score (nSPS) is 16.2. The third-order valence-electron chi connectivity index (χ3n) is 4.84. The molecule has 5 nitrogen and oxygen atoms in total. The first-order valence-electron chi connectivity index (χ1n) is 8.96. The molecule has 1 saturated heterocycles. The second-order valence-electron chi connectivity index (χ2n) is 6.79. The highest BCUT2D eigenvalue weighted by atomic mass is 32.2. The molecule has 0 bridgehead atoms. The van der Waals surface area contributed by atoms with Gasteiger partial charge in [0.25, 0.3) is 5.91 Å². The molecule has 0 radical (unpaired) electrons. The van der Waals surface area contributed by atoms with E-state index in [0.717, 1.165) is 17.7 Å². The van der Waals surface area contributed by atoms with E-state index in [1.54, 1.807) is 23.9 Å². The summed E-state index contributed by atoms with van der Waals surface area (Å²) in [4.78, 5) is 13.7. The number of sulfonamides is 1. The summed E-state index contributed by atoms with van der Waals surface area (Å²) in [7, 11) is -3.50. The molecule has 1 heterocycles. The van der Waals surface area contributed by atoms with Crippen LogP contribution in [0.15, 0.2) is 58.3 Å². The summed E-state index contributed by atoms with van der Waals surface area (Å²) in [6.07, 6.45) is 3.76. The fraction of sp³-hybridized carbons (Fsp3) is 0.350. The monoisotopic (exact) mass is 404 g/mol. The van der Waals surface area contributed by atoms with Crippen LogP contribution in [0.3, 0.4) is 0 Å². The summed E-state index contributed by atoms with van der Waals surface area (Å²) < 4.78 is 27.0. The minimum atomic E-state index is -3.50. The number of benzene rings is 2. The van der Waals surface area contributed by atoms with E-state index in [2.05, 4.69) is 12.2 Å². The van der Waals surface area contributed by atoms with Crippen LogP contribution in [0.2, 0.25) is 0 Å². The molecular formula is C20H24N2O3S2. The Kier molecular flexibility index (Phi) is 6.24. The van der Waals surface area contributed by atoms with Crippen LogP contribution in [-0.2, 0) is 10.0 Å². The molecule has 1 aliphatic rings. The lowest BCUT2D eigenvalue weighted by molar-refractivity contribution is 0.102. The highest BCUT2D eigenvalue weighted by Gasteiger charge is 2.28. The predicted octanol–water partition coefficient (Wildman–Crippen LogP) is 4.08. The Hall–Kier alpha value is -1.83. The van der Waals surface area contributed by atoms with E-state index >= 15 is 0 Å². The van der Waals surface area contributed by atoms with Crippen molar-refractivity contribution >= 4 is 33.4 Å². The van der Waals surface area contributed by atoms with E-state index in [9.17, 15) is 13.2 Å². The van der Waals surface area contributed by atoms with E-state index in [-0.39, 0.29) is 10.8 Å². The van der Waals surface area contributed by atoms with E-state index in [1.807, 2.05) is 30.5 Å². The van der Waals surface area contributed by atoms with Crippen LogP contribution in [0.4, 0.5) is 5.69 Å². The molecule has 0 aliphatic carbocycles. The highest BCUT2D eigenvalue weighted by molar-refractivity contribution is 7.98. The maximum atomic E-state index is 12.7. The van der Waals surface area contributed by atoms with Crippen LogP contribution in [-0.4, -0.2) is 38.0 Å². The number of rotatable bonds is 5. The average Bonchev–Trinajstić information content (AvgIpc) is 2.69. The largest absolute Gasteiger partial charge is 0.322 e. The Bertz CT molecular complexity index is 886. The van der Waals surface area contributed by atoms with Gasteiger partial charge in [-0.2, -0.15) is 4.31 Å². The summed E-state index contributed by atoms with van der Waals surface area (Å²) in [6, 6.07) is 13.7. The molecule has 0 saturated carbocycles. The van der Waals surface area contributed by atoms with Gasteiger partial charge in [0.2, 0.25) is 10.0 Å². The lowest BCUT2D eigenvalue weighted by Crippen LogP contribution is -2.37. The van der Waals surface area contributed by atoms with Crippen LogP contribution >= 0.6 is 11.8 Å². The summed E-state index contributed by atoms with van der Waals surface area (Å²) in [5, 5.41) is 2.83. The van der Waals surface area contributed by atoms with E-state index in [0.29, 0.717) is 30.3 Å². The number of nitrogens with one attached hydrogen (secondary N) is 1. The van der Waals surface area contributed by atoms with Crippen molar-refractivity contribution in [2.24, 2.45) is 5.92 Å². The molecule has 0 spiro atoms. The van der Waals surface area contributed by atoms with Crippen LogP contribution in [0.5, 0.6) is 0 Å². The van der Waals surface area contributed by atoms with Gasteiger partial charge in [0.15, 0.2) is 0 Å². The van der Waals surface area contributed by atoms with E-state index < -0.39 is 10.0 Å². The van der Waals surface area contributed by atoms with Crippen molar-refractivity contribution in [1.82, 2.24) is 4.31 Å². The van der Waals surface area contributed by atoms with Crippen molar-refractivity contribution in [3.8, 4) is 0 Å². The molecule has 0 unspecified atom stereocenters. The fourth-order valence-corrected chi connectivity index (χ4v) is 4.91. The number of thioether (sulfide) groups is 1. The molecule has 1 aliphatic heterocycles. The average molecular weight is 405 g/mol. The Morgan fingerprint density at radius 1 is 1.04 bits per heavy atom. The third kappa shape index (κ3) is 4.72. The summed E-state index contributed by atoms with van der Waals surface area (Å²) >= 11 is 1.63. The Labute approximate surface area is 165 Å². The van der Waals surface area contributed by atoms with Crippen molar-refractivity contribution in [3.63, 3.8) is 0 Å². The number of carbonyl (C=O) groups is 1. The Balaban J connectivity index is 1.69. The lowest BCUT2D eigenvalue weighted by atomic mass is 10.0. The van der Waals surface area contributed by atoms with Gasteiger partial charge in [-0.3, -0.25) is 4.79 Å². The molecule has 2 aromatic carbocycles. The zero-order chi connectivity index (χ0) is 19.4. The Morgan fingerprint density at radius 3 is 2.19 bits per heavy atom. The quantitative estimate of drug-likeness (QED) is 0.763. The second kappa shape index (κ2) is 8.46. The number of anilines is 1. The molecule has 144 valence electrons. The molecule has 0 atom stereocenters. The first kappa shape index (κ1) is 19.9. The first-order valence-corrected chi connectivity index (χ1v) is 11.6. The van der Waals surface area contributed by atoms with Crippen molar-refractivity contribution in [2.45, 2.75) is 29.6 Å². The first-order chi connectivity index (χ1) is 12.9. The van der Waals surface area contributed by atoms with Crippen LogP contribution in [0.25, 0.3) is 0 Å². The summed E-state index contributed by atoms with van der Waals surface area (Å²) in [5.74, 6) is 0.301. The zero-order valence-corrected chi connectivity index (χ0v) is 17.1. The van der Waals surface area contributed by atoms with Gasteiger partial charge in [-0.25, -0.2) is 8.42 Å². The van der Waals surface area contributed by atoms with Gasteiger partial charge in [0, 0.05) is 29.2 Å². The van der Waals surface area contributed by atoms with Gasteiger partial charge in [-0.1, -0.05) is 6.92 Å². The van der Waals surface area contributed by atoms with Crippen molar-refractivity contribution < 1.29 is 13.2 Å². The number of amides is 1. The van der Waals surface area contributed by atoms with Gasteiger partial charge in [-0.15, -0.1) is 11.8 Å². The molecule has 7 heteroatoms. The molecule has 1 fully saturated rings. The van der Waals surface area contributed by atoms with Gasteiger partial charge in [-0.05, 0) is 73.5 Å². The number of hydrogen-bond acceptors (Lipinski definition) is 4. The van der Waals surface area contributed by atoms with Gasteiger partial charge in [0.05, 0.1) is 4.90 Å². The lowest BCUT2D eigenvalue weighted by Gasteiger charge is -2.29. The molecular weight excluding hydrogens is 380 g/mol.